The minimum Gasteiger partial charge on any atom is -0.353 e. The number of hydrogen-bond donors (Lipinski definition) is 2. The van der Waals surface area contributed by atoms with Crippen molar-refractivity contribution in [3.05, 3.63) is 35.9 Å². The second-order valence-electron chi connectivity index (χ2n) is 5.54. The molecule has 0 radical (unpaired) electrons. The van der Waals surface area contributed by atoms with Gasteiger partial charge in [-0.1, -0.05) is 30.3 Å². The molecule has 1 aromatic rings. The molecule has 2 N–H and O–H groups in total. The number of hydrogen-bond acceptors (Lipinski definition) is 2. The molecule has 1 aromatic carbocycles. The Morgan fingerprint density at radius 2 is 1.83 bits per heavy atom. The molecule has 2 fully saturated rings. The Labute approximate surface area is 108 Å². The molecule has 18 heavy (non-hydrogen) atoms. The second kappa shape index (κ2) is 5.11. The van der Waals surface area contributed by atoms with E-state index < -0.39 is 0 Å². The van der Waals surface area contributed by atoms with Crippen molar-refractivity contribution in [2.24, 2.45) is 0 Å². The fraction of sp³-hybridized carbons (Fsp3) is 0.533. The Bertz CT molecular complexity index is 406. The first kappa shape index (κ1) is 11.7. The monoisotopic (exact) mass is 244 g/mol. The number of fused-ring (bicyclic) bond motifs is 2. The van der Waals surface area contributed by atoms with Crippen molar-refractivity contribution in [1.82, 2.24) is 10.6 Å². The van der Waals surface area contributed by atoms with E-state index in [2.05, 4.69) is 10.6 Å². The van der Waals surface area contributed by atoms with E-state index in [1.807, 2.05) is 30.3 Å². The molecule has 2 unspecified atom stereocenters. The highest BCUT2D eigenvalue weighted by Crippen LogP contribution is 2.26. The molecule has 96 valence electrons. The van der Waals surface area contributed by atoms with Crippen LogP contribution in [0.4, 0.5) is 0 Å². The summed E-state index contributed by atoms with van der Waals surface area (Å²) in [5.74, 6) is 0.160. The van der Waals surface area contributed by atoms with Crippen LogP contribution in [-0.2, 0) is 11.2 Å². The zero-order valence-electron chi connectivity index (χ0n) is 10.6. The Morgan fingerprint density at radius 1 is 1.17 bits per heavy atom. The fourth-order valence-electron chi connectivity index (χ4n) is 3.24. The van der Waals surface area contributed by atoms with Crippen molar-refractivity contribution in [1.29, 1.82) is 0 Å². The van der Waals surface area contributed by atoms with Crippen molar-refractivity contribution in [3.63, 3.8) is 0 Å². The maximum Gasteiger partial charge on any atom is 0.224 e. The van der Waals surface area contributed by atoms with Gasteiger partial charge in [0.2, 0.25) is 5.91 Å². The van der Waals surface area contributed by atoms with Crippen LogP contribution in [0.15, 0.2) is 30.3 Å². The Hall–Kier alpha value is -1.35. The van der Waals surface area contributed by atoms with E-state index in [0.717, 1.165) is 18.4 Å². The molecule has 0 spiro atoms. The van der Waals surface area contributed by atoms with Gasteiger partial charge in [0, 0.05) is 18.1 Å². The first-order valence-corrected chi connectivity index (χ1v) is 6.89. The van der Waals surface area contributed by atoms with E-state index >= 15 is 0 Å². The molecule has 3 rings (SSSR count). The summed E-state index contributed by atoms with van der Waals surface area (Å²) >= 11 is 0. The first-order chi connectivity index (χ1) is 8.79. The third-order valence-corrected chi connectivity index (χ3v) is 4.05. The van der Waals surface area contributed by atoms with Crippen molar-refractivity contribution >= 4 is 5.91 Å². The summed E-state index contributed by atoms with van der Waals surface area (Å²) in [5.41, 5.74) is 1.09. The van der Waals surface area contributed by atoms with Gasteiger partial charge in [-0.2, -0.15) is 0 Å². The maximum atomic E-state index is 12.0. The topological polar surface area (TPSA) is 41.1 Å². The lowest BCUT2D eigenvalue weighted by Gasteiger charge is -2.29. The smallest absolute Gasteiger partial charge is 0.224 e. The van der Waals surface area contributed by atoms with Crippen LogP contribution in [0, 0.1) is 0 Å². The molecule has 0 aliphatic carbocycles. The number of benzene rings is 1. The zero-order chi connectivity index (χ0) is 12.4. The summed E-state index contributed by atoms with van der Waals surface area (Å²) in [5, 5.41) is 6.78. The van der Waals surface area contributed by atoms with Crippen LogP contribution >= 0.6 is 0 Å². The predicted molar refractivity (Wildman–Crippen MR) is 71.3 cm³/mol. The van der Waals surface area contributed by atoms with E-state index in [0.29, 0.717) is 24.5 Å². The Kier molecular flexibility index (Phi) is 3.33. The number of carbonyl (C=O) groups excluding carboxylic acids is 1. The highest BCUT2D eigenvalue weighted by molar-refractivity contribution is 5.78. The minimum atomic E-state index is 0.160. The van der Waals surface area contributed by atoms with Gasteiger partial charge < -0.3 is 10.6 Å². The van der Waals surface area contributed by atoms with Gasteiger partial charge in [0.25, 0.3) is 0 Å². The van der Waals surface area contributed by atoms with Gasteiger partial charge in [0.15, 0.2) is 0 Å². The number of rotatable bonds is 3. The van der Waals surface area contributed by atoms with E-state index in [1.165, 1.54) is 12.8 Å². The highest BCUT2D eigenvalue weighted by Gasteiger charge is 2.33. The molecule has 2 aliphatic rings. The van der Waals surface area contributed by atoms with Crippen LogP contribution < -0.4 is 10.6 Å². The van der Waals surface area contributed by atoms with E-state index in [-0.39, 0.29) is 5.91 Å². The predicted octanol–water partition coefficient (Wildman–Crippen LogP) is 1.63. The molecular weight excluding hydrogens is 224 g/mol. The molecule has 2 saturated heterocycles. The largest absolute Gasteiger partial charge is 0.353 e. The van der Waals surface area contributed by atoms with Crippen molar-refractivity contribution in [2.75, 3.05) is 0 Å². The molecule has 3 heteroatoms. The number of carbonyl (C=O) groups is 1. The van der Waals surface area contributed by atoms with E-state index in [9.17, 15) is 4.79 Å². The summed E-state index contributed by atoms with van der Waals surface area (Å²) in [6.45, 7) is 0. The van der Waals surface area contributed by atoms with Crippen LogP contribution in [0.25, 0.3) is 0 Å². The van der Waals surface area contributed by atoms with Gasteiger partial charge in [-0.05, 0) is 31.2 Å². The fourth-order valence-corrected chi connectivity index (χ4v) is 3.24. The molecule has 0 saturated carbocycles. The zero-order valence-corrected chi connectivity index (χ0v) is 10.6. The van der Waals surface area contributed by atoms with Crippen molar-refractivity contribution in [3.8, 4) is 0 Å². The number of nitrogens with one attached hydrogen (secondary N) is 2. The third-order valence-electron chi connectivity index (χ3n) is 4.05. The molecule has 1 amide bonds. The molecule has 2 aliphatic heterocycles. The lowest BCUT2D eigenvalue weighted by Crippen LogP contribution is -2.48. The average molecular weight is 244 g/mol. The third kappa shape index (κ3) is 2.72. The van der Waals surface area contributed by atoms with Gasteiger partial charge in [-0.15, -0.1) is 0 Å². The standard InChI is InChI=1S/C15H20N2O/c18-15(8-11-4-2-1-3-5-11)17-14-9-12-6-7-13(10-14)16-12/h1-5,12-14,16H,6-10H2,(H,17,18). The van der Waals surface area contributed by atoms with Crippen LogP contribution in [0.5, 0.6) is 0 Å². The molecule has 2 bridgehead atoms. The highest BCUT2D eigenvalue weighted by atomic mass is 16.1. The lowest BCUT2D eigenvalue weighted by atomic mass is 9.99. The molecular formula is C15H20N2O. The average Bonchev–Trinajstić information content (AvgIpc) is 2.70. The second-order valence-corrected chi connectivity index (χ2v) is 5.54. The van der Waals surface area contributed by atoms with Crippen LogP contribution in [0.1, 0.15) is 31.2 Å². The molecule has 2 heterocycles. The van der Waals surface area contributed by atoms with Gasteiger partial charge in [-0.25, -0.2) is 0 Å². The summed E-state index contributed by atoms with van der Waals surface area (Å²) < 4.78 is 0. The number of amides is 1. The summed E-state index contributed by atoms with van der Waals surface area (Å²) in [6, 6.07) is 11.6. The van der Waals surface area contributed by atoms with E-state index in [4.69, 9.17) is 0 Å². The molecule has 0 aromatic heterocycles. The summed E-state index contributed by atoms with van der Waals surface area (Å²) in [4.78, 5) is 12.0. The van der Waals surface area contributed by atoms with Gasteiger partial charge >= 0.3 is 0 Å². The lowest BCUT2D eigenvalue weighted by molar-refractivity contribution is -0.121. The normalized spacial score (nSPS) is 30.1. The van der Waals surface area contributed by atoms with Crippen LogP contribution in [0.2, 0.25) is 0 Å². The number of piperidine rings is 1. The quantitative estimate of drug-likeness (QED) is 0.848. The molecule has 3 nitrogen and oxygen atoms in total. The minimum absolute atomic E-state index is 0.160. The molecule has 2 atom stereocenters. The Morgan fingerprint density at radius 3 is 2.50 bits per heavy atom. The SMILES string of the molecule is O=C(Cc1ccccc1)NC1CC2CCC(C1)N2. The van der Waals surface area contributed by atoms with Crippen LogP contribution in [-0.4, -0.2) is 24.0 Å². The van der Waals surface area contributed by atoms with Crippen molar-refractivity contribution < 1.29 is 4.79 Å². The Balaban J connectivity index is 1.52. The maximum absolute atomic E-state index is 12.0. The summed E-state index contributed by atoms with van der Waals surface area (Å²) in [6.07, 6.45) is 5.24. The van der Waals surface area contributed by atoms with Gasteiger partial charge in [0.05, 0.1) is 6.42 Å². The van der Waals surface area contributed by atoms with Crippen LogP contribution in [0.3, 0.4) is 0 Å². The van der Waals surface area contributed by atoms with E-state index in [1.54, 1.807) is 0 Å². The first-order valence-electron chi connectivity index (χ1n) is 6.89. The van der Waals surface area contributed by atoms with Crippen molar-refractivity contribution in [2.45, 2.75) is 50.2 Å². The summed E-state index contributed by atoms with van der Waals surface area (Å²) in [7, 11) is 0. The van der Waals surface area contributed by atoms with Gasteiger partial charge in [0.1, 0.15) is 0 Å². The van der Waals surface area contributed by atoms with Gasteiger partial charge in [-0.3, -0.25) is 4.79 Å².